The summed E-state index contributed by atoms with van der Waals surface area (Å²) in [6.45, 7) is 5.38. The zero-order valence-corrected chi connectivity index (χ0v) is 14.5. The number of amides is 1. The number of anilines is 1. The van der Waals surface area contributed by atoms with Crippen LogP contribution in [0.1, 0.15) is 32.8 Å². The SMILES string of the molecule is C/C(=C(/C#N)C(=O)NC(C)(C)CCO)c1ccc(N(C)C)cc1. The van der Waals surface area contributed by atoms with E-state index in [9.17, 15) is 10.1 Å². The summed E-state index contributed by atoms with van der Waals surface area (Å²) in [5.41, 5.74) is 2.04. The van der Waals surface area contributed by atoms with Crippen LogP contribution in [-0.2, 0) is 4.79 Å². The number of benzene rings is 1. The molecule has 0 aliphatic carbocycles. The summed E-state index contributed by atoms with van der Waals surface area (Å²) in [7, 11) is 3.91. The highest BCUT2D eigenvalue weighted by Crippen LogP contribution is 2.22. The number of rotatable bonds is 6. The molecular formula is C18H25N3O2. The van der Waals surface area contributed by atoms with Crippen LogP contribution in [0.25, 0.3) is 5.57 Å². The molecule has 5 nitrogen and oxygen atoms in total. The summed E-state index contributed by atoms with van der Waals surface area (Å²) in [4.78, 5) is 14.4. The molecule has 1 rings (SSSR count). The number of hydrogen-bond acceptors (Lipinski definition) is 4. The van der Waals surface area contributed by atoms with Gasteiger partial charge in [0.1, 0.15) is 11.6 Å². The van der Waals surface area contributed by atoms with Gasteiger partial charge in [-0.25, -0.2) is 0 Å². The van der Waals surface area contributed by atoms with Crippen LogP contribution in [0.5, 0.6) is 0 Å². The third-order valence-corrected chi connectivity index (χ3v) is 3.72. The highest BCUT2D eigenvalue weighted by molar-refractivity contribution is 6.04. The Kier molecular flexibility index (Phi) is 6.35. The molecule has 0 heterocycles. The lowest BCUT2D eigenvalue weighted by Gasteiger charge is -2.25. The van der Waals surface area contributed by atoms with Crippen LogP contribution in [0.4, 0.5) is 5.69 Å². The van der Waals surface area contributed by atoms with Gasteiger partial charge in [0.05, 0.1) is 0 Å². The number of aliphatic hydroxyl groups excluding tert-OH is 1. The summed E-state index contributed by atoms with van der Waals surface area (Å²) in [6, 6.07) is 9.68. The second kappa shape index (κ2) is 7.80. The van der Waals surface area contributed by atoms with Crippen LogP contribution < -0.4 is 10.2 Å². The Bertz CT molecular complexity index is 623. The smallest absolute Gasteiger partial charge is 0.262 e. The maximum absolute atomic E-state index is 12.4. The highest BCUT2D eigenvalue weighted by Gasteiger charge is 2.23. The molecule has 0 radical (unpaired) electrons. The van der Waals surface area contributed by atoms with E-state index in [4.69, 9.17) is 5.11 Å². The number of nitrogens with zero attached hydrogens (tertiary/aromatic N) is 2. The number of nitriles is 1. The summed E-state index contributed by atoms with van der Waals surface area (Å²) < 4.78 is 0. The van der Waals surface area contributed by atoms with Crippen molar-refractivity contribution in [2.45, 2.75) is 32.7 Å². The first-order valence-electron chi connectivity index (χ1n) is 7.54. The first-order valence-corrected chi connectivity index (χ1v) is 7.54. The molecule has 2 N–H and O–H groups in total. The molecule has 0 fully saturated rings. The molecule has 23 heavy (non-hydrogen) atoms. The summed E-state index contributed by atoms with van der Waals surface area (Å²) in [6.07, 6.45) is 0.425. The van der Waals surface area contributed by atoms with Crippen molar-refractivity contribution in [2.75, 3.05) is 25.6 Å². The molecule has 0 atom stereocenters. The molecule has 1 aromatic carbocycles. The standard InChI is InChI=1S/C18H25N3O2/c1-13(14-6-8-15(9-7-14)21(4)5)16(12-19)17(23)20-18(2,3)10-11-22/h6-9,22H,10-11H2,1-5H3,(H,20,23)/b16-13+. The van der Waals surface area contributed by atoms with Crippen LogP contribution in [-0.4, -0.2) is 37.3 Å². The van der Waals surface area contributed by atoms with E-state index < -0.39 is 11.4 Å². The number of hydrogen-bond donors (Lipinski definition) is 2. The number of aliphatic hydroxyl groups is 1. The topological polar surface area (TPSA) is 76.4 Å². The minimum absolute atomic E-state index is 0.0239. The third kappa shape index (κ3) is 5.11. The number of allylic oxidation sites excluding steroid dienone is 1. The van der Waals surface area contributed by atoms with E-state index in [0.717, 1.165) is 11.3 Å². The fourth-order valence-corrected chi connectivity index (χ4v) is 2.17. The van der Waals surface area contributed by atoms with Crippen molar-refractivity contribution in [1.29, 1.82) is 5.26 Å². The van der Waals surface area contributed by atoms with Gasteiger partial charge in [0.15, 0.2) is 0 Å². The van der Waals surface area contributed by atoms with Gasteiger partial charge in [-0.15, -0.1) is 0 Å². The van der Waals surface area contributed by atoms with Crippen molar-refractivity contribution >= 4 is 17.2 Å². The van der Waals surface area contributed by atoms with E-state index >= 15 is 0 Å². The molecule has 1 aromatic rings. The minimum Gasteiger partial charge on any atom is -0.396 e. The molecule has 1 amide bonds. The molecule has 0 saturated carbocycles. The normalized spacial score (nSPS) is 12.2. The average molecular weight is 315 g/mol. The molecule has 0 unspecified atom stereocenters. The molecule has 5 heteroatoms. The van der Waals surface area contributed by atoms with Gasteiger partial charge in [0.2, 0.25) is 0 Å². The lowest BCUT2D eigenvalue weighted by molar-refractivity contribution is -0.118. The van der Waals surface area contributed by atoms with Gasteiger partial charge in [0.25, 0.3) is 5.91 Å². The quantitative estimate of drug-likeness (QED) is 0.624. The maximum Gasteiger partial charge on any atom is 0.262 e. The van der Waals surface area contributed by atoms with Gasteiger partial charge in [0, 0.05) is 31.9 Å². The van der Waals surface area contributed by atoms with E-state index in [0.29, 0.717) is 12.0 Å². The van der Waals surface area contributed by atoms with Crippen molar-refractivity contribution in [3.63, 3.8) is 0 Å². The molecule has 0 aromatic heterocycles. The van der Waals surface area contributed by atoms with E-state index in [1.165, 1.54) is 0 Å². The Morgan fingerprint density at radius 1 is 1.30 bits per heavy atom. The third-order valence-electron chi connectivity index (χ3n) is 3.72. The predicted octanol–water partition coefficient (Wildman–Crippen LogP) is 2.33. The van der Waals surface area contributed by atoms with Crippen molar-refractivity contribution in [3.8, 4) is 6.07 Å². The van der Waals surface area contributed by atoms with Gasteiger partial charge >= 0.3 is 0 Å². The molecule has 0 bridgehead atoms. The fourth-order valence-electron chi connectivity index (χ4n) is 2.17. The van der Waals surface area contributed by atoms with Crippen LogP contribution in [0.2, 0.25) is 0 Å². The van der Waals surface area contributed by atoms with Crippen LogP contribution >= 0.6 is 0 Å². The van der Waals surface area contributed by atoms with Crippen LogP contribution in [0.15, 0.2) is 29.8 Å². The van der Waals surface area contributed by atoms with E-state index in [2.05, 4.69) is 5.32 Å². The Balaban J connectivity index is 3.08. The average Bonchev–Trinajstić information content (AvgIpc) is 2.47. The Hall–Kier alpha value is -2.32. The summed E-state index contributed by atoms with van der Waals surface area (Å²) in [5, 5.41) is 21.2. The molecule has 0 aliphatic heterocycles. The second-order valence-electron chi connectivity index (χ2n) is 6.36. The molecule has 0 spiro atoms. The van der Waals surface area contributed by atoms with E-state index in [1.54, 1.807) is 6.92 Å². The Labute approximate surface area is 138 Å². The monoisotopic (exact) mass is 315 g/mol. The zero-order valence-electron chi connectivity index (χ0n) is 14.5. The summed E-state index contributed by atoms with van der Waals surface area (Å²) >= 11 is 0. The van der Waals surface area contributed by atoms with Crippen molar-refractivity contribution in [2.24, 2.45) is 0 Å². The molecule has 0 saturated heterocycles. The molecule has 124 valence electrons. The zero-order chi connectivity index (χ0) is 17.6. The van der Waals surface area contributed by atoms with Crippen molar-refractivity contribution in [3.05, 3.63) is 35.4 Å². The van der Waals surface area contributed by atoms with Gasteiger partial charge in [-0.2, -0.15) is 5.26 Å². The predicted molar refractivity (Wildman–Crippen MR) is 92.9 cm³/mol. The largest absolute Gasteiger partial charge is 0.396 e. The molecular weight excluding hydrogens is 290 g/mol. The highest BCUT2D eigenvalue weighted by atomic mass is 16.3. The number of carbonyl (C=O) groups is 1. The number of carbonyl (C=O) groups excluding carboxylic acids is 1. The van der Waals surface area contributed by atoms with Gasteiger partial charge in [-0.05, 0) is 50.5 Å². The molecule has 0 aliphatic rings. The minimum atomic E-state index is -0.566. The van der Waals surface area contributed by atoms with Crippen LogP contribution in [0.3, 0.4) is 0 Å². The van der Waals surface area contributed by atoms with Crippen molar-refractivity contribution in [1.82, 2.24) is 5.32 Å². The second-order valence-corrected chi connectivity index (χ2v) is 6.36. The van der Waals surface area contributed by atoms with Gasteiger partial charge in [-0.1, -0.05) is 12.1 Å². The lowest BCUT2D eigenvalue weighted by Crippen LogP contribution is -2.44. The number of nitrogens with one attached hydrogen (secondary N) is 1. The summed E-state index contributed by atoms with van der Waals surface area (Å²) in [5.74, 6) is -0.417. The fraction of sp³-hybridized carbons (Fsp3) is 0.444. The lowest BCUT2D eigenvalue weighted by atomic mass is 9.98. The Morgan fingerprint density at radius 3 is 2.30 bits per heavy atom. The van der Waals surface area contributed by atoms with Gasteiger partial charge < -0.3 is 15.3 Å². The first-order chi connectivity index (χ1) is 10.7. The van der Waals surface area contributed by atoms with E-state index in [1.807, 2.05) is 63.2 Å². The van der Waals surface area contributed by atoms with E-state index in [-0.39, 0.29) is 12.2 Å². The van der Waals surface area contributed by atoms with Crippen molar-refractivity contribution < 1.29 is 9.90 Å². The maximum atomic E-state index is 12.4. The van der Waals surface area contributed by atoms with Gasteiger partial charge in [-0.3, -0.25) is 4.79 Å². The van der Waals surface area contributed by atoms with Crippen LogP contribution in [0, 0.1) is 11.3 Å². The first kappa shape index (κ1) is 18.7. The Morgan fingerprint density at radius 2 is 1.87 bits per heavy atom.